The van der Waals surface area contributed by atoms with E-state index in [9.17, 15) is 0 Å². The molecule has 0 spiro atoms. The Hall–Kier alpha value is -0.288. The van der Waals surface area contributed by atoms with Crippen LogP contribution >= 0.6 is 0 Å². The van der Waals surface area contributed by atoms with E-state index in [1.165, 1.54) is 16.1 Å². The molecule has 0 saturated heterocycles. The molecule has 2 heteroatoms. The number of ether oxygens (including phenoxy) is 1. The van der Waals surface area contributed by atoms with Crippen LogP contribution in [0.2, 0.25) is 10.6 Å². The first-order chi connectivity index (χ1) is 6.83. The summed E-state index contributed by atoms with van der Waals surface area (Å²) < 4.78 is 5.87. The molecule has 1 N–H and O–H groups in total. The topological polar surface area (TPSA) is 12.8 Å². The third-order valence-electron chi connectivity index (χ3n) is 2.81. The SMILES string of the molecule is C[CH2][Al]([CH2]C)[c]1ccccc1C[OH+]C. The summed E-state index contributed by atoms with van der Waals surface area (Å²) in [4.78, 5) is 0. The first-order valence-electron chi connectivity index (χ1n) is 5.46. The Bertz CT molecular complexity index is 269. The second-order valence-corrected chi connectivity index (χ2v) is 7.34. The molecule has 0 unspecified atom stereocenters. The molecule has 0 bridgehead atoms. The van der Waals surface area contributed by atoms with Gasteiger partial charge in [-0.15, -0.1) is 0 Å². The molecular formula is C12H20AlO+. The fourth-order valence-electron chi connectivity index (χ4n) is 1.98. The molecule has 0 aliphatic heterocycles. The lowest BCUT2D eigenvalue weighted by atomic mass is 10.2. The molecule has 0 aromatic heterocycles. The summed E-state index contributed by atoms with van der Waals surface area (Å²) in [6.07, 6.45) is 0. The molecule has 0 aliphatic rings. The summed E-state index contributed by atoms with van der Waals surface area (Å²) in [6, 6.07) is 8.83. The molecule has 0 heterocycles. The largest absolute Gasteiger partial charge is 0.432 e. The zero-order valence-electron chi connectivity index (χ0n) is 9.46. The average molecular weight is 207 g/mol. The first-order valence-corrected chi connectivity index (χ1v) is 7.67. The second kappa shape index (κ2) is 6.24. The van der Waals surface area contributed by atoms with Crippen LogP contribution in [0, 0.1) is 0 Å². The molecular weight excluding hydrogens is 187 g/mol. The summed E-state index contributed by atoms with van der Waals surface area (Å²) in [7, 11) is 1.89. The van der Waals surface area contributed by atoms with Crippen molar-refractivity contribution in [3.05, 3.63) is 29.8 Å². The standard InChI is InChI=1S/C8H9O.2C2H5.Al/c1-9-7-8-5-3-2-4-6-8;2*1-2;/h2-5H,7H2,1H3;2*1H2,2H3;/p+1. The number of aliphatic hydroxyl groups is 2. The van der Waals surface area contributed by atoms with Gasteiger partial charge in [-0.25, -0.2) is 0 Å². The third-order valence-corrected chi connectivity index (χ3v) is 6.22. The van der Waals surface area contributed by atoms with Crippen molar-refractivity contribution in [2.75, 3.05) is 7.11 Å². The van der Waals surface area contributed by atoms with E-state index in [1.807, 2.05) is 7.11 Å². The van der Waals surface area contributed by atoms with E-state index in [0.717, 1.165) is 6.61 Å². The maximum atomic E-state index is 4.24. The molecule has 1 aromatic carbocycles. The normalized spacial score (nSPS) is 10.2. The summed E-state index contributed by atoms with van der Waals surface area (Å²) >= 11 is -0.681. The van der Waals surface area contributed by atoms with E-state index in [0.29, 0.717) is 0 Å². The first kappa shape index (κ1) is 11.8. The molecule has 76 valence electrons. The Balaban J connectivity index is 2.92. The molecule has 0 radical (unpaired) electrons. The van der Waals surface area contributed by atoms with Gasteiger partial charge in [0.05, 0.1) is 0 Å². The van der Waals surface area contributed by atoms with Crippen LogP contribution in [0.15, 0.2) is 24.3 Å². The fourth-order valence-corrected chi connectivity index (χ4v) is 4.53. The molecule has 1 rings (SSSR count). The van der Waals surface area contributed by atoms with E-state index in [2.05, 4.69) is 42.8 Å². The van der Waals surface area contributed by atoms with Crippen LogP contribution in [0.3, 0.4) is 0 Å². The maximum Gasteiger partial charge on any atom is 0.306 e. The minimum atomic E-state index is -0.681. The van der Waals surface area contributed by atoms with Gasteiger partial charge < -0.3 is 4.74 Å². The highest BCUT2D eigenvalue weighted by atomic mass is 27.2. The second-order valence-electron chi connectivity index (χ2n) is 3.69. The van der Waals surface area contributed by atoms with E-state index in [-0.39, 0.29) is 0 Å². The highest BCUT2D eigenvalue weighted by Crippen LogP contribution is 2.05. The molecule has 1 aromatic rings. The maximum absolute atomic E-state index is 4.24. The van der Waals surface area contributed by atoms with Crippen LogP contribution in [0.25, 0.3) is 0 Å². The van der Waals surface area contributed by atoms with Crippen molar-refractivity contribution < 1.29 is 4.74 Å². The summed E-state index contributed by atoms with van der Waals surface area (Å²) in [5.41, 5.74) is 1.45. The minimum Gasteiger partial charge on any atom is -0.432 e. The van der Waals surface area contributed by atoms with E-state index in [1.54, 1.807) is 4.43 Å². The van der Waals surface area contributed by atoms with Crippen molar-refractivity contribution in [1.82, 2.24) is 0 Å². The Morgan fingerprint density at radius 3 is 2.36 bits per heavy atom. The average Bonchev–Trinajstić information content (AvgIpc) is 2.23. The molecule has 0 atom stereocenters. The van der Waals surface area contributed by atoms with Gasteiger partial charge in [0.15, 0.2) is 6.61 Å². The van der Waals surface area contributed by atoms with Gasteiger partial charge in [-0.05, 0) is 0 Å². The van der Waals surface area contributed by atoms with E-state index in [4.69, 9.17) is 0 Å². The molecule has 0 fully saturated rings. The third kappa shape index (κ3) is 2.85. The van der Waals surface area contributed by atoms with Gasteiger partial charge in [0.25, 0.3) is 0 Å². The Labute approximate surface area is 91.5 Å². The van der Waals surface area contributed by atoms with Crippen LogP contribution in [0.4, 0.5) is 0 Å². The molecule has 0 amide bonds. The lowest BCUT2D eigenvalue weighted by Gasteiger charge is -2.11. The van der Waals surface area contributed by atoms with Gasteiger partial charge in [-0.3, -0.25) is 0 Å². The number of hydrogen-bond acceptors (Lipinski definition) is 0. The summed E-state index contributed by atoms with van der Waals surface area (Å²) in [5.74, 6) is 0. The lowest BCUT2D eigenvalue weighted by Crippen LogP contribution is -2.31. The van der Waals surface area contributed by atoms with Crippen LogP contribution in [-0.4, -0.2) is 26.0 Å². The Morgan fingerprint density at radius 1 is 1.14 bits per heavy atom. The smallest absolute Gasteiger partial charge is 0.306 e. The quantitative estimate of drug-likeness (QED) is 0.518. The number of rotatable bonds is 5. The highest BCUT2D eigenvalue weighted by molar-refractivity contribution is 6.73. The van der Waals surface area contributed by atoms with Crippen molar-refractivity contribution >= 4 is 18.6 Å². The van der Waals surface area contributed by atoms with Crippen molar-refractivity contribution in [2.45, 2.75) is 31.0 Å². The van der Waals surface area contributed by atoms with Crippen LogP contribution in [-0.2, 0) is 6.61 Å². The predicted molar refractivity (Wildman–Crippen MR) is 64.6 cm³/mol. The van der Waals surface area contributed by atoms with Crippen LogP contribution in [0.1, 0.15) is 19.4 Å². The lowest BCUT2D eigenvalue weighted by molar-refractivity contribution is -0.000357. The minimum absolute atomic E-state index is 0.681. The van der Waals surface area contributed by atoms with Crippen LogP contribution in [0.5, 0.6) is 0 Å². The predicted octanol–water partition coefficient (Wildman–Crippen LogP) is 2.09. The van der Waals surface area contributed by atoms with Crippen molar-refractivity contribution in [1.29, 1.82) is 0 Å². The van der Waals surface area contributed by atoms with Crippen molar-refractivity contribution in [3.63, 3.8) is 0 Å². The van der Waals surface area contributed by atoms with Crippen molar-refractivity contribution in [2.24, 2.45) is 0 Å². The summed E-state index contributed by atoms with van der Waals surface area (Å²) in [5, 5.41) is 2.72. The number of benzene rings is 1. The van der Waals surface area contributed by atoms with Gasteiger partial charge in [-0.1, -0.05) is 53.1 Å². The van der Waals surface area contributed by atoms with Gasteiger partial charge in [0, 0.05) is 5.56 Å². The van der Waals surface area contributed by atoms with E-state index < -0.39 is 14.1 Å². The van der Waals surface area contributed by atoms with Gasteiger partial charge in [0.2, 0.25) is 0 Å². The zero-order valence-corrected chi connectivity index (χ0v) is 10.6. The summed E-state index contributed by atoms with van der Waals surface area (Å²) in [6.45, 7) is 5.53. The van der Waals surface area contributed by atoms with Gasteiger partial charge in [0.1, 0.15) is 7.11 Å². The van der Waals surface area contributed by atoms with E-state index >= 15 is 0 Å². The highest BCUT2D eigenvalue weighted by Gasteiger charge is 2.18. The Kier molecular flexibility index (Phi) is 5.26. The molecule has 1 nitrogen and oxygen atoms in total. The number of hydrogen-bond donors (Lipinski definition) is 0. The van der Waals surface area contributed by atoms with Gasteiger partial charge in [-0.2, -0.15) is 0 Å². The van der Waals surface area contributed by atoms with Crippen molar-refractivity contribution in [3.8, 4) is 0 Å². The van der Waals surface area contributed by atoms with Crippen LogP contribution < -0.4 is 4.43 Å². The molecule has 14 heavy (non-hydrogen) atoms. The monoisotopic (exact) mass is 207 g/mol. The zero-order chi connectivity index (χ0) is 10.4. The molecule has 0 saturated carbocycles. The van der Waals surface area contributed by atoms with Gasteiger partial charge >= 0.3 is 14.1 Å². The Morgan fingerprint density at radius 2 is 1.79 bits per heavy atom. The molecule has 0 aliphatic carbocycles. The fraction of sp³-hybridized carbons (Fsp3) is 0.500.